The average molecular weight is 337 g/mol. The molecule has 0 aliphatic heterocycles. The first-order chi connectivity index (χ1) is 11.2. The van der Waals surface area contributed by atoms with Crippen molar-refractivity contribution in [2.45, 2.75) is 25.0 Å². The molecular weight excluding hydrogens is 314 g/mol. The summed E-state index contributed by atoms with van der Waals surface area (Å²) in [5.74, 6) is 2.54. The molecule has 2 aromatic rings. The van der Waals surface area contributed by atoms with Gasteiger partial charge in [0.25, 0.3) is 0 Å². The Hall–Kier alpha value is -1.80. The highest BCUT2D eigenvalue weighted by molar-refractivity contribution is 7.99. The van der Waals surface area contributed by atoms with E-state index in [1.165, 1.54) is 5.56 Å². The fourth-order valence-corrected chi connectivity index (χ4v) is 2.83. The molecule has 0 saturated carbocycles. The lowest BCUT2D eigenvalue weighted by Crippen LogP contribution is -2.15. The molecule has 0 aliphatic carbocycles. The van der Waals surface area contributed by atoms with Gasteiger partial charge in [-0.3, -0.25) is 0 Å². The van der Waals surface area contributed by atoms with Crippen molar-refractivity contribution in [1.29, 1.82) is 0 Å². The molecule has 2 rings (SSSR count). The van der Waals surface area contributed by atoms with Crippen LogP contribution in [0.2, 0.25) is 0 Å². The number of tetrazole rings is 1. The number of aryl methyl sites for hydroxylation is 1. The van der Waals surface area contributed by atoms with Crippen LogP contribution in [0.5, 0.6) is 11.5 Å². The Bertz CT molecular complexity index is 605. The van der Waals surface area contributed by atoms with E-state index >= 15 is 0 Å². The van der Waals surface area contributed by atoms with Gasteiger partial charge in [-0.15, -0.1) is 5.10 Å². The summed E-state index contributed by atoms with van der Waals surface area (Å²) in [5, 5.41) is 15.7. The number of hydrogen-bond acceptors (Lipinski definition) is 7. The summed E-state index contributed by atoms with van der Waals surface area (Å²) in [6.45, 7) is 4.34. The largest absolute Gasteiger partial charge is 0.493 e. The van der Waals surface area contributed by atoms with Crippen molar-refractivity contribution in [2.75, 3.05) is 26.0 Å². The third kappa shape index (κ3) is 5.40. The number of rotatable bonds is 10. The summed E-state index contributed by atoms with van der Waals surface area (Å²) in [6.07, 6.45) is 1.05. The maximum Gasteiger partial charge on any atom is 0.209 e. The van der Waals surface area contributed by atoms with Gasteiger partial charge in [0.1, 0.15) is 0 Å². The van der Waals surface area contributed by atoms with E-state index in [-0.39, 0.29) is 0 Å². The zero-order valence-electron chi connectivity index (χ0n) is 13.8. The Kier molecular flexibility index (Phi) is 7.15. The van der Waals surface area contributed by atoms with Crippen molar-refractivity contribution in [3.63, 3.8) is 0 Å². The van der Waals surface area contributed by atoms with E-state index in [1.54, 1.807) is 23.6 Å². The third-order valence-electron chi connectivity index (χ3n) is 3.17. The minimum atomic E-state index is 0.626. The molecule has 0 amide bonds. The number of hydrogen-bond donors (Lipinski definition) is 1. The molecule has 23 heavy (non-hydrogen) atoms. The van der Waals surface area contributed by atoms with E-state index in [0.717, 1.165) is 41.9 Å². The minimum Gasteiger partial charge on any atom is -0.493 e. The molecule has 7 nitrogen and oxygen atoms in total. The maximum absolute atomic E-state index is 5.59. The third-order valence-corrected chi connectivity index (χ3v) is 4.26. The molecule has 0 unspecified atom stereocenters. The number of nitrogens with one attached hydrogen (secondary N) is 1. The molecule has 1 aromatic heterocycles. The standard InChI is InChI=1S/C15H23N5O2S/c1-4-22-14-10-12(6-7-13(14)21-3)11-16-8-5-9-23-15-17-18-19-20(15)2/h6-7,10,16H,4-5,8-9,11H2,1-3H3. The van der Waals surface area contributed by atoms with E-state index in [2.05, 4.69) is 20.8 Å². The molecule has 0 bridgehead atoms. The molecule has 8 heteroatoms. The van der Waals surface area contributed by atoms with Gasteiger partial charge in [-0.25, -0.2) is 4.68 Å². The van der Waals surface area contributed by atoms with Gasteiger partial charge in [-0.05, 0) is 48.0 Å². The second kappa shape index (κ2) is 9.36. The lowest BCUT2D eigenvalue weighted by molar-refractivity contribution is 0.310. The highest BCUT2D eigenvalue weighted by atomic mass is 32.2. The van der Waals surface area contributed by atoms with E-state index in [9.17, 15) is 0 Å². The van der Waals surface area contributed by atoms with Gasteiger partial charge in [0.2, 0.25) is 5.16 Å². The van der Waals surface area contributed by atoms with Gasteiger partial charge in [0, 0.05) is 19.3 Å². The fourth-order valence-electron chi connectivity index (χ4n) is 2.04. The molecular formula is C15H23N5O2S. The van der Waals surface area contributed by atoms with Crippen LogP contribution in [0, 0.1) is 0 Å². The van der Waals surface area contributed by atoms with Crippen LogP contribution in [0.15, 0.2) is 23.4 Å². The smallest absolute Gasteiger partial charge is 0.209 e. The SMILES string of the molecule is CCOc1cc(CNCCCSc2nnnn2C)ccc1OC. The maximum atomic E-state index is 5.59. The van der Waals surface area contributed by atoms with Crippen molar-refractivity contribution in [1.82, 2.24) is 25.5 Å². The van der Waals surface area contributed by atoms with Crippen LogP contribution in [0.1, 0.15) is 18.9 Å². The molecule has 0 radical (unpaired) electrons. The van der Waals surface area contributed by atoms with Crippen LogP contribution < -0.4 is 14.8 Å². The summed E-state index contributed by atoms with van der Waals surface area (Å²) in [5.41, 5.74) is 1.18. The lowest BCUT2D eigenvalue weighted by Gasteiger charge is -2.11. The van der Waals surface area contributed by atoms with Gasteiger partial charge in [0.05, 0.1) is 13.7 Å². The van der Waals surface area contributed by atoms with Crippen LogP contribution in [0.25, 0.3) is 0 Å². The van der Waals surface area contributed by atoms with Gasteiger partial charge in [-0.1, -0.05) is 17.8 Å². The van der Waals surface area contributed by atoms with Gasteiger partial charge in [-0.2, -0.15) is 0 Å². The molecule has 0 aliphatic rings. The number of benzene rings is 1. The van der Waals surface area contributed by atoms with Crippen molar-refractivity contribution in [3.05, 3.63) is 23.8 Å². The molecule has 0 spiro atoms. The normalized spacial score (nSPS) is 10.7. The first kappa shape index (κ1) is 17.6. The molecule has 0 atom stereocenters. The minimum absolute atomic E-state index is 0.626. The summed E-state index contributed by atoms with van der Waals surface area (Å²) in [6, 6.07) is 6.02. The summed E-state index contributed by atoms with van der Waals surface area (Å²) in [7, 11) is 3.50. The quantitative estimate of drug-likeness (QED) is 0.524. The predicted octanol–water partition coefficient (Wildman–Crippen LogP) is 1.89. The van der Waals surface area contributed by atoms with E-state index < -0.39 is 0 Å². The number of aromatic nitrogens is 4. The van der Waals surface area contributed by atoms with Crippen molar-refractivity contribution >= 4 is 11.8 Å². The lowest BCUT2D eigenvalue weighted by atomic mass is 10.2. The first-order valence-corrected chi connectivity index (χ1v) is 8.58. The summed E-state index contributed by atoms with van der Waals surface area (Å²) in [4.78, 5) is 0. The van der Waals surface area contributed by atoms with Crippen molar-refractivity contribution in [2.24, 2.45) is 7.05 Å². The number of methoxy groups -OCH3 is 1. The highest BCUT2D eigenvalue weighted by Gasteiger charge is 2.05. The zero-order valence-corrected chi connectivity index (χ0v) is 14.6. The van der Waals surface area contributed by atoms with Crippen LogP contribution in [0.4, 0.5) is 0 Å². The monoisotopic (exact) mass is 337 g/mol. The fraction of sp³-hybridized carbons (Fsp3) is 0.533. The van der Waals surface area contributed by atoms with Gasteiger partial charge < -0.3 is 14.8 Å². The van der Waals surface area contributed by atoms with E-state index in [4.69, 9.17) is 9.47 Å². The first-order valence-electron chi connectivity index (χ1n) is 7.60. The number of ether oxygens (including phenoxy) is 2. The highest BCUT2D eigenvalue weighted by Crippen LogP contribution is 2.27. The van der Waals surface area contributed by atoms with Gasteiger partial charge in [0.15, 0.2) is 11.5 Å². The Morgan fingerprint density at radius 3 is 2.87 bits per heavy atom. The Balaban J connectivity index is 1.69. The van der Waals surface area contributed by atoms with Crippen LogP contribution in [-0.4, -0.2) is 46.2 Å². The average Bonchev–Trinajstić information content (AvgIpc) is 2.96. The van der Waals surface area contributed by atoms with Crippen molar-refractivity contribution in [3.8, 4) is 11.5 Å². The molecule has 1 N–H and O–H groups in total. The molecule has 1 aromatic carbocycles. The number of nitrogens with zero attached hydrogens (tertiary/aromatic N) is 4. The Morgan fingerprint density at radius 2 is 2.17 bits per heavy atom. The van der Waals surface area contributed by atoms with Gasteiger partial charge >= 0.3 is 0 Å². The predicted molar refractivity (Wildman–Crippen MR) is 90.0 cm³/mol. The zero-order chi connectivity index (χ0) is 16.5. The summed E-state index contributed by atoms with van der Waals surface area (Å²) >= 11 is 1.66. The van der Waals surface area contributed by atoms with Crippen molar-refractivity contribution < 1.29 is 9.47 Å². The topological polar surface area (TPSA) is 74.1 Å². The van der Waals surface area contributed by atoms with Crippen LogP contribution >= 0.6 is 11.8 Å². The second-order valence-corrected chi connectivity index (χ2v) is 5.94. The van der Waals surface area contributed by atoms with Crippen LogP contribution in [-0.2, 0) is 13.6 Å². The molecule has 0 saturated heterocycles. The Morgan fingerprint density at radius 1 is 1.30 bits per heavy atom. The molecule has 126 valence electrons. The Labute approximate surface area is 140 Å². The van der Waals surface area contributed by atoms with E-state index in [1.807, 2.05) is 32.2 Å². The second-order valence-electron chi connectivity index (χ2n) is 4.88. The number of thioether (sulfide) groups is 1. The molecule has 0 fully saturated rings. The van der Waals surface area contributed by atoms with E-state index in [0.29, 0.717) is 6.61 Å². The van der Waals surface area contributed by atoms with Crippen LogP contribution in [0.3, 0.4) is 0 Å². The summed E-state index contributed by atoms with van der Waals surface area (Å²) < 4.78 is 12.6. The molecule has 1 heterocycles.